The molecule has 0 aromatic heterocycles. The maximum atomic E-state index is 12.2. The average molecular weight is 309 g/mol. The summed E-state index contributed by atoms with van der Waals surface area (Å²) < 4.78 is 5.75. The van der Waals surface area contributed by atoms with Gasteiger partial charge in [0.05, 0.1) is 0 Å². The molecule has 0 radical (unpaired) electrons. The van der Waals surface area contributed by atoms with Crippen LogP contribution in [0.15, 0.2) is 30.3 Å². The van der Waals surface area contributed by atoms with Gasteiger partial charge in [-0.15, -0.1) is 0 Å². The summed E-state index contributed by atoms with van der Waals surface area (Å²) in [5.74, 6) is -0.507. The lowest BCUT2D eigenvalue weighted by Gasteiger charge is -2.26. The molecule has 21 heavy (non-hydrogen) atoms. The van der Waals surface area contributed by atoms with Gasteiger partial charge in [-0.2, -0.15) is 12.6 Å². The van der Waals surface area contributed by atoms with E-state index in [4.69, 9.17) is 4.74 Å². The van der Waals surface area contributed by atoms with Crippen molar-refractivity contribution in [2.75, 3.05) is 12.3 Å². The topological polar surface area (TPSA) is 66.8 Å². The Bertz CT molecular complexity index is 508. The molecule has 114 valence electrons. The zero-order valence-corrected chi connectivity index (χ0v) is 12.7. The number of carboxylic acids is 1. The van der Waals surface area contributed by atoms with Crippen LogP contribution in [0, 0.1) is 5.92 Å². The van der Waals surface area contributed by atoms with E-state index in [2.05, 4.69) is 12.6 Å². The summed E-state index contributed by atoms with van der Waals surface area (Å²) in [6.07, 6.45) is -0.0161. The van der Waals surface area contributed by atoms with E-state index in [1.165, 1.54) is 4.90 Å². The summed E-state index contributed by atoms with van der Waals surface area (Å²) in [7, 11) is 0. The number of hydrogen-bond acceptors (Lipinski definition) is 4. The predicted octanol–water partition coefficient (Wildman–Crippen LogP) is 1.69. The summed E-state index contributed by atoms with van der Waals surface area (Å²) >= 11 is 4.11. The minimum absolute atomic E-state index is 0.184. The van der Waals surface area contributed by atoms with Crippen LogP contribution >= 0.6 is 12.6 Å². The smallest absolute Gasteiger partial charge is 0.330 e. The number of carboxylic acid groups (broad SMARTS) is 1. The standard InChI is InChI=1S/C15H19NO4S/c1-10(9-21)14(17)16-8-7-12(13(16)15(18)19)20-11-5-3-2-4-6-11/h2-6,10,12-13,21H,7-9H2,1H3,(H,18,19). The van der Waals surface area contributed by atoms with E-state index in [0.29, 0.717) is 24.5 Å². The third-order valence-electron chi connectivity index (χ3n) is 3.60. The number of thiol groups is 1. The van der Waals surface area contributed by atoms with Crippen LogP contribution in [0.2, 0.25) is 0 Å². The number of ether oxygens (including phenoxy) is 1. The minimum Gasteiger partial charge on any atom is -0.488 e. The summed E-state index contributed by atoms with van der Waals surface area (Å²) in [4.78, 5) is 25.2. The number of amides is 1. The van der Waals surface area contributed by atoms with Crippen molar-refractivity contribution in [3.05, 3.63) is 30.3 Å². The third-order valence-corrected chi connectivity index (χ3v) is 4.15. The van der Waals surface area contributed by atoms with Crippen molar-refractivity contribution in [3.8, 4) is 5.75 Å². The van der Waals surface area contributed by atoms with E-state index >= 15 is 0 Å². The van der Waals surface area contributed by atoms with Crippen molar-refractivity contribution in [3.63, 3.8) is 0 Å². The second-order valence-corrected chi connectivity index (χ2v) is 5.52. The van der Waals surface area contributed by atoms with Gasteiger partial charge in [-0.05, 0) is 12.1 Å². The van der Waals surface area contributed by atoms with Gasteiger partial charge in [-0.25, -0.2) is 4.79 Å². The van der Waals surface area contributed by atoms with Crippen molar-refractivity contribution in [2.45, 2.75) is 25.5 Å². The second-order valence-electron chi connectivity index (χ2n) is 5.16. The molecule has 3 unspecified atom stereocenters. The Hall–Kier alpha value is -1.69. The lowest BCUT2D eigenvalue weighted by atomic mass is 10.1. The number of carbonyl (C=O) groups is 2. The number of carbonyl (C=O) groups excluding carboxylic acids is 1. The monoisotopic (exact) mass is 309 g/mol. The molecule has 3 atom stereocenters. The lowest BCUT2D eigenvalue weighted by Crippen LogP contribution is -2.48. The Morgan fingerprint density at radius 1 is 1.43 bits per heavy atom. The molecule has 2 rings (SSSR count). The second kappa shape index (κ2) is 6.85. The van der Waals surface area contributed by atoms with Crippen molar-refractivity contribution in [1.82, 2.24) is 4.90 Å². The molecule has 1 amide bonds. The van der Waals surface area contributed by atoms with Crippen LogP contribution < -0.4 is 4.74 Å². The number of likely N-dealkylation sites (tertiary alicyclic amines) is 1. The number of hydrogen-bond donors (Lipinski definition) is 2. The molecular formula is C15H19NO4S. The molecule has 6 heteroatoms. The van der Waals surface area contributed by atoms with Crippen molar-refractivity contribution in [1.29, 1.82) is 0 Å². The molecule has 1 N–H and O–H groups in total. The van der Waals surface area contributed by atoms with Crippen molar-refractivity contribution < 1.29 is 19.4 Å². The van der Waals surface area contributed by atoms with Crippen LogP contribution in [0.5, 0.6) is 5.75 Å². The van der Waals surface area contributed by atoms with E-state index in [9.17, 15) is 14.7 Å². The Balaban J connectivity index is 2.13. The maximum absolute atomic E-state index is 12.2. The number of benzene rings is 1. The molecule has 0 bridgehead atoms. The first-order valence-corrected chi connectivity index (χ1v) is 7.53. The van der Waals surface area contributed by atoms with Crippen LogP contribution in [0.3, 0.4) is 0 Å². The Labute approximate surface area is 129 Å². The first-order chi connectivity index (χ1) is 10.0. The van der Waals surface area contributed by atoms with Crippen molar-refractivity contribution >= 4 is 24.5 Å². The van der Waals surface area contributed by atoms with Gasteiger partial charge in [-0.3, -0.25) is 4.79 Å². The average Bonchev–Trinajstić information content (AvgIpc) is 2.90. The molecular weight excluding hydrogens is 290 g/mol. The SMILES string of the molecule is CC(CS)C(=O)N1CCC(Oc2ccccc2)C1C(=O)O. The van der Waals surface area contributed by atoms with Crippen LogP contribution in [-0.2, 0) is 9.59 Å². The fourth-order valence-corrected chi connectivity index (χ4v) is 2.62. The fraction of sp³-hybridized carbons (Fsp3) is 0.467. The summed E-state index contributed by atoms with van der Waals surface area (Å²) in [6.45, 7) is 2.14. The molecule has 1 heterocycles. The van der Waals surface area contributed by atoms with Crippen LogP contribution in [-0.4, -0.2) is 46.3 Å². The highest BCUT2D eigenvalue weighted by Crippen LogP contribution is 2.25. The van der Waals surface area contributed by atoms with Gasteiger partial charge in [0.2, 0.25) is 5.91 Å². The highest BCUT2D eigenvalue weighted by molar-refractivity contribution is 7.80. The van der Waals surface area contributed by atoms with Gasteiger partial charge in [0.15, 0.2) is 6.04 Å². The minimum atomic E-state index is -1.03. The van der Waals surface area contributed by atoms with Gasteiger partial charge in [0, 0.05) is 24.6 Å². The molecule has 1 aliphatic rings. The van der Waals surface area contributed by atoms with Gasteiger partial charge in [0.25, 0.3) is 0 Å². The number of nitrogens with zero attached hydrogens (tertiary/aromatic N) is 1. The molecule has 0 spiro atoms. The molecule has 1 aromatic carbocycles. The van der Waals surface area contributed by atoms with E-state index in [0.717, 1.165) is 0 Å². The van der Waals surface area contributed by atoms with E-state index in [1.54, 1.807) is 19.1 Å². The van der Waals surface area contributed by atoms with E-state index < -0.39 is 18.1 Å². The molecule has 0 saturated carbocycles. The highest BCUT2D eigenvalue weighted by atomic mass is 32.1. The Kier molecular flexibility index (Phi) is 5.12. The van der Waals surface area contributed by atoms with Crippen LogP contribution in [0.4, 0.5) is 0 Å². The first kappa shape index (κ1) is 15.7. The van der Waals surface area contributed by atoms with Crippen LogP contribution in [0.1, 0.15) is 13.3 Å². The predicted molar refractivity (Wildman–Crippen MR) is 81.6 cm³/mol. The van der Waals surface area contributed by atoms with Gasteiger partial charge in [0.1, 0.15) is 11.9 Å². The molecule has 1 fully saturated rings. The molecule has 1 saturated heterocycles. The van der Waals surface area contributed by atoms with Crippen LogP contribution in [0.25, 0.3) is 0 Å². The maximum Gasteiger partial charge on any atom is 0.330 e. The van der Waals surface area contributed by atoms with E-state index in [-0.39, 0.29) is 11.8 Å². The first-order valence-electron chi connectivity index (χ1n) is 6.90. The molecule has 0 aliphatic carbocycles. The number of aliphatic carboxylic acids is 1. The van der Waals surface area contributed by atoms with Gasteiger partial charge in [-0.1, -0.05) is 25.1 Å². The fourth-order valence-electron chi connectivity index (χ4n) is 2.46. The Morgan fingerprint density at radius 3 is 2.67 bits per heavy atom. The summed E-state index contributed by atoms with van der Waals surface area (Å²) in [5.41, 5.74) is 0. The Morgan fingerprint density at radius 2 is 2.10 bits per heavy atom. The zero-order chi connectivity index (χ0) is 15.4. The lowest BCUT2D eigenvalue weighted by molar-refractivity contribution is -0.151. The molecule has 5 nitrogen and oxygen atoms in total. The molecule has 1 aromatic rings. The van der Waals surface area contributed by atoms with Gasteiger partial charge >= 0.3 is 5.97 Å². The normalized spacial score (nSPS) is 22.9. The largest absolute Gasteiger partial charge is 0.488 e. The van der Waals surface area contributed by atoms with Gasteiger partial charge < -0.3 is 14.7 Å². The summed E-state index contributed by atoms with van der Waals surface area (Å²) in [5, 5.41) is 9.44. The zero-order valence-electron chi connectivity index (χ0n) is 11.8. The van der Waals surface area contributed by atoms with Crippen molar-refractivity contribution in [2.24, 2.45) is 5.92 Å². The number of rotatable bonds is 5. The highest BCUT2D eigenvalue weighted by Gasteiger charge is 2.44. The third kappa shape index (κ3) is 3.50. The van der Waals surface area contributed by atoms with E-state index in [1.807, 2.05) is 18.2 Å². The number of para-hydroxylation sites is 1. The molecule has 1 aliphatic heterocycles. The summed E-state index contributed by atoms with van der Waals surface area (Å²) in [6, 6.07) is 8.12. The quantitative estimate of drug-likeness (QED) is 0.812.